The second kappa shape index (κ2) is 11.3. The highest BCUT2D eigenvalue weighted by Gasteiger charge is 2.48. The van der Waals surface area contributed by atoms with Gasteiger partial charge in [-0.15, -0.1) is 0 Å². The summed E-state index contributed by atoms with van der Waals surface area (Å²) in [4.78, 5) is 12.6. The van der Waals surface area contributed by atoms with Gasteiger partial charge in [-0.25, -0.2) is 9.89 Å². The Morgan fingerprint density at radius 1 is 1.10 bits per heavy atom. The fraction of sp³-hybridized carbons (Fsp3) is 0.444. The Hall–Kier alpha value is -3.65. The maximum Gasteiger partial charge on any atom is 0.416 e. The number of piperidine rings is 1. The molecule has 1 aliphatic rings. The van der Waals surface area contributed by atoms with Gasteiger partial charge in [-0.1, -0.05) is 42.4 Å². The van der Waals surface area contributed by atoms with Gasteiger partial charge in [0.05, 0.1) is 35.1 Å². The lowest BCUT2D eigenvalue weighted by molar-refractivity contribution is -0.143. The van der Waals surface area contributed by atoms with Crippen molar-refractivity contribution >= 4 is 5.71 Å². The molecule has 0 radical (unpaired) electrons. The fourth-order valence-corrected chi connectivity index (χ4v) is 5.34. The van der Waals surface area contributed by atoms with Crippen LogP contribution in [0.3, 0.4) is 0 Å². The highest BCUT2D eigenvalue weighted by Crippen LogP contribution is 2.41. The Morgan fingerprint density at radius 2 is 1.73 bits per heavy atom. The standard InChI is InChI=1S/C27H29F6N5O3/c1-3-22(37-40)25(38-16-35-36-23(38)39)10-9-24(34-14-25,19-7-5-4-6-8-19)15-41-17(2)18-11-20(26(28,29)30)13-21(12-18)27(31,32)33/h4-8,11-13,16-17,34,40H,3,9-10,14-15H2,1-2H3,(H,36,39)/b37-22+/t17-,24-,25+/m1/s1. The highest BCUT2D eigenvalue weighted by molar-refractivity contribution is 5.91. The summed E-state index contributed by atoms with van der Waals surface area (Å²) in [6, 6.07) is 10.4. The first kappa shape index (κ1) is 30.3. The number of aromatic nitrogens is 3. The minimum Gasteiger partial charge on any atom is -0.411 e. The van der Waals surface area contributed by atoms with Crippen LogP contribution in [0, 0.1) is 0 Å². The van der Waals surface area contributed by atoms with Gasteiger partial charge in [-0.3, -0.25) is 4.57 Å². The van der Waals surface area contributed by atoms with Gasteiger partial charge in [0, 0.05) is 6.54 Å². The van der Waals surface area contributed by atoms with Crippen LogP contribution < -0.4 is 11.0 Å². The van der Waals surface area contributed by atoms with E-state index in [9.17, 15) is 36.3 Å². The van der Waals surface area contributed by atoms with Crippen molar-refractivity contribution in [3.8, 4) is 0 Å². The van der Waals surface area contributed by atoms with Gasteiger partial charge >= 0.3 is 18.0 Å². The van der Waals surface area contributed by atoms with Gasteiger partial charge in [0.15, 0.2) is 0 Å². The van der Waals surface area contributed by atoms with Gasteiger partial charge in [-0.05, 0) is 55.5 Å². The third-order valence-corrected chi connectivity index (χ3v) is 7.68. The number of rotatable bonds is 8. The molecule has 8 nitrogen and oxygen atoms in total. The molecule has 222 valence electrons. The summed E-state index contributed by atoms with van der Waals surface area (Å²) >= 11 is 0. The van der Waals surface area contributed by atoms with Crippen molar-refractivity contribution in [2.45, 2.75) is 62.6 Å². The molecule has 2 aromatic carbocycles. The molecule has 1 fully saturated rings. The summed E-state index contributed by atoms with van der Waals surface area (Å²) in [5.41, 5.74) is -4.55. The molecule has 3 aromatic rings. The molecule has 0 amide bonds. The third kappa shape index (κ3) is 6.03. The number of hydrogen-bond donors (Lipinski definition) is 3. The van der Waals surface area contributed by atoms with Crippen molar-refractivity contribution in [3.05, 3.63) is 87.6 Å². The van der Waals surface area contributed by atoms with Gasteiger partial charge in [0.25, 0.3) is 0 Å². The number of alkyl halides is 6. The van der Waals surface area contributed by atoms with Crippen molar-refractivity contribution in [1.82, 2.24) is 20.1 Å². The molecule has 2 heterocycles. The smallest absolute Gasteiger partial charge is 0.411 e. The number of oxime groups is 1. The van der Waals surface area contributed by atoms with Crippen LogP contribution >= 0.6 is 0 Å². The van der Waals surface area contributed by atoms with Gasteiger partial charge < -0.3 is 15.3 Å². The van der Waals surface area contributed by atoms with Crippen molar-refractivity contribution in [2.75, 3.05) is 13.2 Å². The average molecular weight is 586 g/mol. The van der Waals surface area contributed by atoms with E-state index in [1.807, 2.05) is 12.1 Å². The third-order valence-electron chi connectivity index (χ3n) is 7.68. The van der Waals surface area contributed by atoms with E-state index < -0.39 is 46.4 Å². The normalized spacial score (nSPS) is 23.0. The summed E-state index contributed by atoms with van der Waals surface area (Å²) in [5, 5.41) is 22.8. The maximum atomic E-state index is 13.4. The van der Waals surface area contributed by atoms with E-state index in [1.54, 1.807) is 25.1 Å². The summed E-state index contributed by atoms with van der Waals surface area (Å²) in [5.74, 6) is 0. The minimum atomic E-state index is -4.98. The van der Waals surface area contributed by atoms with E-state index in [0.29, 0.717) is 30.7 Å². The average Bonchev–Trinajstić information content (AvgIpc) is 3.38. The molecule has 4 rings (SSSR count). The topological polar surface area (TPSA) is 105 Å². The van der Waals surface area contributed by atoms with Crippen molar-refractivity contribution in [2.24, 2.45) is 5.16 Å². The number of aromatic amines is 1. The van der Waals surface area contributed by atoms with E-state index >= 15 is 0 Å². The fourth-order valence-electron chi connectivity index (χ4n) is 5.34. The first-order valence-corrected chi connectivity index (χ1v) is 12.8. The van der Waals surface area contributed by atoms with Gasteiger partial charge in [-0.2, -0.15) is 31.4 Å². The number of hydrogen-bond acceptors (Lipinski definition) is 6. The van der Waals surface area contributed by atoms with Crippen LogP contribution in [-0.4, -0.2) is 38.8 Å². The van der Waals surface area contributed by atoms with Crippen LogP contribution in [0.4, 0.5) is 26.3 Å². The number of halogens is 6. The van der Waals surface area contributed by atoms with Crippen molar-refractivity contribution in [1.29, 1.82) is 0 Å². The Morgan fingerprint density at radius 3 is 2.20 bits per heavy atom. The van der Waals surface area contributed by atoms with Crippen molar-refractivity contribution < 1.29 is 36.3 Å². The van der Waals surface area contributed by atoms with E-state index in [-0.39, 0.29) is 31.2 Å². The minimum absolute atomic E-state index is 0.0792. The molecule has 0 aliphatic carbocycles. The zero-order valence-electron chi connectivity index (χ0n) is 22.2. The maximum absolute atomic E-state index is 13.4. The largest absolute Gasteiger partial charge is 0.416 e. The number of ether oxygens (including phenoxy) is 1. The Kier molecular flexibility index (Phi) is 8.37. The molecule has 3 atom stereocenters. The predicted molar refractivity (Wildman–Crippen MR) is 137 cm³/mol. The summed E-state index contributed by atoms with van der Waals surface area (Å²) < 4.78 is 87.9. The lowest BCUT2D eigenvalue weighted by atomic mass is 9.73. The van der Waals surface area contributed by atoms with Crippen LogP contribution in [0.1, 0.15) is 61.5 Å². The number of nitrogens with zero attached hydrogens (tertiary/aromatic N) is 3. The van der Waals surface area contributed by atoms with Crippen molar-refractivity contribution in [3.63, 3.8) is 0 Å². The molecule has 1 aromatic heterocycles. The zero-order chi connectivity index (χ0) is 30.1. The Labute approximate surface area is 231 Å². The lowest BCUT2D eigenvalue weighted by Gasteiger charge is -2.48. The molecule has 0 unspecified atom stereocenters. The summed E-state index contributed by atoms with van der Waals surface area (Å²) in [6.45, 7) is 3.13. The Balaban J connectivity index is 1.67. The van der Waals surface area contributed by atoms with Crippen LogP contribution in [0.15, 0.2) is 64.8 Å². The molecule has 1 saturated heterocycles. The molecule has 41 heavy (non-hydrogen) atoms. The zero-order valence-corrected chi connectivity index (χ0v) is 22.2. The SMILES string of the molecule is CC/C(=N\O)[C@]1(n2cn[nH]c2=O)CC[C@@](CO[C@H](C)c2cc(C(F)(F)F)cc(C(F)(F)F)c2)(c2ccccc2)NC1. The number of nitrogens with one attached hydrogen (secondary N) is 2. The molecule has 3 N–H and O–H groups in total. The molecule has 0 saturated carbocycles. The quantitative estimate of drug-likeness (QED) is 0.138. The van der Waals surface area contributed by atoms with Crippen LogP contribution in [-0.2, 0) is 28.2 Å². The van der Waals surface area contributed by atoms with E-state index in [2.05, 4.69) is 20.7 Å². The van der Waals surface area contributed by atoms with E-state index in [4.69, 9.17) is 4.74 Å². The first-order chi connectivity index (χ1) is 19.3. The van der Waals surface area contributed by atoms with E-state index in [1.165, 1.54) is 17.8 Å². The first-order valence-electron chi connectivity index (χ1n) is 12.8. The summed E-state index contributed by atoms with van der Waals surface area (Å²) in [6.07, 6.45) is -8.88. The molecule has 14 heteroatoms. The predicted octanol–water partition coefficient (Wildman–Crippen LogP) is 5.60. The number of H-pyrrole nitrogens is 1. The molecule has 0 bridgehead atoms. The van der Waals surface area contributed by atoms with Crippen LogP contribution in [0.2, 0.25) is 0 Å². The van der Waals surface area contributed by atoms with Gasteiger partial charge in [0.1, 0.15) is 11.9 Å². The van der Waals surface area contributed by atoms with Gasteiger partial charge in [0.2, 0.25) is 0 Å². The second-order valence-corrected chi connectivity index (χ2v) is 10.1. The molecular formula is C27H29F6N5O3. The molecular weight excluding hydrogens is 556 g/mol. The summed E-state index contributed by atoms with van der Waals surface area (Å²) in [7, 11) is 0. The van der Waals surface area contributed by atoms with E-state index in [0.717, 1.165) is 5.56 Å². The monoisotopic (exact) mass is 585 g/mol. The highest BCUT2D eigenvalue weighted by atomic mass is 19.4. The molecule has 1 aliphatic heterocycles. The lowest BCUT2D eigenvalue weighted by Crippen LogP contribution is -2.63. The molecule has 0 spiro atoms. The van der Waals surface area contributed by atoms with Crippen LogP contribution in [0.25, 0.3) is 0 Å². The van der Waals surface area contributed by atoms with Crippen LogP contribution in [0.5, 0.6) is 0 Å². The Bertz CT molecular complexity index is 1390. The second-order valence-electron chi connectivity index (χ2n) is 10.1. The number of benzene rings is 2.